The summed E-state index contributed by atoms with van der Waals surface area (Å²) in [5.41, 5.74) is 0.959. The minimum Gasteiger partial charge on any atom is -0.494 e. The van der Waals surface area contributed by atoms with Crippen molar-refractivity contribution in [1.82, 2.24) is 5.32 Å². The molecule has 19 heavy (non-hydrogen) atoms. The van der Waals surface area contributed by atoms with Crippen molar-refractivity contribution in [2.45, 2.75) is 31.4 Å². The minimum atomic E-state index is -0.310. The maximum atomic E-state index is 13.7. The molecule has 0 amide bonds. The molecule has 1 fully saturated rings. The standard InChI is InChI=1S/C15H22FNO2/c1-17-13(15(19-3)11-5-6-11)9-10-4-7-14(18-2)12(16)8-10/h4,7-8,11,13,15,17H,5-6,9H2,1-3H3. The molecule has 0 spiro atoms. The van der Waals surface area contributed by atoms with Gasteiger partial charge in [-0.2, -0.15) is 0 Å². The van der Waals surface area contributed by atoms with Gasteiger partial charge in [0.05, 0.1) is 13.2 Å². The number of nitrogens with one attached hydrogen (secondary N) is 1. The molecule has 1 aromatic rings. The summed E-state index contributed by atoms with van der Waals surface area (Å²) in [7, 11) is 5.16. The van der Waals surface area contributed by atoms with Crippen LogP contribution in [-0.4, -0.2) is 33.4 Å². The van der Waals surface area contributed by atoms with Crippen LogP contribution in [0.25, 0.3) is 0 Å². The monoisotopic (exact) mass is 267 g/mol. The fourth-order valence-electron chi connectivity index (χ4n) is 2.58. The van der Waals surface area contributed by atoms with Crippen molar-refractivity contribution in [3.63, 3.8) is 0 Å². The van der Waals surface area contributed by atoms with Crippen LogP contribution in [0, 0.1) is 11.7 Å². The van der Waals surface area contributed by atoms with E-state index in [9.17, 15) is 4.39 Å². The summed E-state index contributed by atoms with van der Waals surface area (Å²) >= 11 is 0. The van der Waals surface area contributed by atoms with Gasteiger partial charge in [-0.1, -0.05) is 6.07 Å². The van der Waals surface area contributed by atoms with Crippen LogP contribution < -0.4 is 10.1 Å². The number of halogens is 1. The van der Waals surface area contributed by atoms with Crippen LogP contribution >= 0.6 is 0 Å². The molecule has 1 aliphatic carbocycles. The van der Waals surface area contributed by atoms with Gasteiger partial charge in [0.2, 0.25) is 0 Å². The van der Waals surface area contributed by atoms with E-state index in [1.807, 2.05) is 13.1 Å². The van der Waals surface area contributed by atoms with Crippen LogP contribution in [0.3, 0.4) is 0 Å². The molecular weight excluding hydrogens is 245 g/mol. The summed E-state index contributed by atoms with van der Waals surface area (Å²) in [4.78, 5) is 0. The molecule has 0 bridgehead atoms. The second-order valence-corrected chi connectivity index (χ2v) is 5.11. The summed E-state index contributed by atoms with van der Waals surface area (Å²) < 4.78 is 24.2. The van der Waals surface area contributed by atoms with Crippen LogP contribution in [-0.2, 0) is 11.2 Å². The lowest BCUT2D eigenvalue weighted by molar-refractivity contribution is 0.0534. The van der Waals surface area contributed by atoms with Gasteiger partial charge in [0, 0.05) is 13.2 Å². The second kappa shape index (κ2) is 6.35. The number of hydrogen-bond acceptors (Lipinski definition) is 3. The van der Waals surface area contributed by atoms with Crippen molar-refractivity contribution >= 4 is 0 Å². The van der Waals surface area contributed by atoms with E-state index in [1.165, 1.54) is 20.0 Å². The predicted octanol–water partition coefficient (Wildman–Crippen LogP) is 2.39. The summed E-state index contributed by atoms with van der Waals surface area (Å²) in [6.07, 6.45) is 3.42. The molecule has 2 unspecified atom stereocenters. The lowest BCUT2D eigenvalue weighted by atomic mass is 9.98. The molecule has 1 aromatic carbocycles. The third-order valence-electron chi connectivity index (χ3n) is 3.80. The molecule has 0 heterocycles. The first kappa shape index (κ1) is 14.3. The number of ether oxygens (including phenoxy) is 2. The highest BCUT2D eigenvalue weighted by Gasteiger charge is 2.36. The first-order valence-electron chi connectivity index (χ1n) is 6.72. The molecular formula is C15H22FNO2. The highest BCUT2D eigenvalue weighted by atomic mass is 19.1. The van der Waals surface area contributed by atoms with Crippen molar-refractivity contribution in [2.75, 3.05) is 21.3 Å². The van der Waals surface area contributed by atoms with Crippen LogP contribution in [0.15, 0.2) is 18.2 Å². The van der Waals surface area contributed by atoms with Crippen molar-refractivity contribution in [3.8, 4) is 5.75 Å². The molecule has 0 radical (unpaired) electrons. The molecule has 0 saturated heterocycles. The normalized spacial score (nSPS) is 18.1. The fourth-order valence-corrected chi connectivity index (χ4v) is 2.58. The van der Waals surface area contributed by atoms with Crippen molar-refractivity contribution in [1.29, 1.82) is 0 Å². The third-order valence-corrected chi connectivity index (χ3v) is 3.80. The van der Waals surface area contributed by atoms with Gasteiger partial charge in [-0.05, 0) is 49.9 Å². The Bertz CT molecular complexity index is 421. The number of methoxy groups -OCH3 is 2. The topological polar surface area (TPSA) is 30.5 Å². The molecule has 1 saturated carbocycles. The molecule has 106 valence electrons. The molecule has 3 nitrogen and oxygen atoms in total. The summed E-state index contributed by atoms with van der Waals surface area (Å²) in [6.45, 7) is 0. The smallest absolute Gasteiger partial charge is 0.165 e. The van der Waals surface area contributed by atoms with Crippen LogP contribution in [0.1, 0.15) is 18.4 Å². The number of rotatable bonds is 7. The molecule has 0 aromatic heterocycles. The molecule has 0 aliphatic heterocycles. The van der Waals surface area contributed by atoms with E-state index in [1.54, 1.807) is 19.2 Å². The number of hydrogen-bond donors (Lipinski definition) is 1. The van der Waals surface area contributed by atoms with Gasteiger partial charge in [-0.3, -0.25) is 0 Å². The Morgan fingerprint density at radius 2 is 2.11 bits per heavy atom. The maximum Gasteiger partial charge on any atom is 0.165 e. The minimum absolute atomic E-state index is 0.204. The van der Waals surface area contributed by atoms with Gasteiger partial charge < -0.3 is 14.8 Å². The summed E-state index contributed by atoms with van der Waals surface area (Å²) in [6, 6.07) is 5.34. The third kappa shape index (κ3) is 3.45. The predicted molar refractivity (Wildman–Crippen MR) is 73.0 cm³/mol. The zero-order valence-corrected chi connectivity index (χ0v) is 11.8. The first-order valence-corrected chi connectivity index (χ1v) is 6.72. The van der Waals surface area contributed by atoms with Gasteiger partial charge >= 0.3 is 0 Å². The van der Waals surface area contributed by atoms with Crippen molar-refractivity contribution in [3.05, 3.63) is 29.6 Å². The average molecular weight is 267 g/mol. The fraction of sp³-hybridized carbons (Fsp3) is 0.600. The first-order chi connectivity index (χ1) is 9.19. The highest BCUT2D eigenvalue weighted by molar-refractivity contribution is 5.29. The van der Waals surface area contributed by atoms with Crippen molar-refractivity contribution < 1.29 is 13.9 Å². The maximum absolute atomic E-state index is 13.7. The van der Waals surface area contributed by atoms with E-state index in [2.05, 4.69) is 5.32 Å². The van der Waals surface area contributed by atoms with E-state index >= 15 is 0 Å². The van der Waals surface area contributed by atoms with Crippen molar-refractivity contribution in [2.24, 2.45) is 5.92 Å². The van der Waals surface area contributed by atoms with E-state index in [0.717, 1.165) is 12.0 Å². The van der Waals surface area contributed by atoms with Crippen LogP contribution in [0.4, 0.5) is 4.39 Å². The Labute approximate surface area is 114 Å². The zero-order chi connectivity index (χ0) is 13.8. The Balaban J connectivity index is 2.06. The summed E-state index contributed by atoms with van der Waals surface area (Å²) in [5, 5.41) is 3.29. The number of likely N-dealkylation sites (N-methyl/N-ethyl adjacent to an activating group) is 1. The molecule has 1 aliphatic rings. The Morgan fingerprint density at radius 3 is 2.58 bits per heavy atom. The molecule has 2 atom stereocenters. The van der Waals surface area contributed by atoms with Gasteiger partial charge in [-0.25, -0.2) is 4.39 Å². The number of benzene rings is 1. The quantitative estimate of drug-likeness (QED) is 0.823. The van der Waals surface area contributed by atoms with E-state index in [0.29, 0.717) is 5.92 Å². The lowest BCUT2D eigenvalue weighted by Crippen LogP contribution is -2.42. The molecule has 2 rings (SSSR count). The Morgan fingerprint density at radius 1 is 1.37 bits per heavy atom. The second-order valence-electron chi connectivity index (χ2n) is 5.11. The van der Waals surface area contributed by atoms with Gasteiger partial charge in [0.15, 0.2) is 11.6 Å². The molecule has 1 N–H and O–H groups in total. The van der Waals surface area contributed by atoms with Gasteiger partial charge in [0.1, 0.15) is 0 Å². The van der Waals surface area contributed by atoms with Crippen LogP contribution in [0.5, 0.6) is 5.75 Å². The lowest BCUT2D eigenvalue weighted by Gasteiger charge is -2.26. The van der Waals surface area contributed by atoms with Gasteiger partial charge in [-0.15, -0.1) is 0 Å². The molecule has 4 heteroatoms. The zero-order valence-electron chi connectivity index (χ0n) is 11.8. The van der Waals surface area contributed by atoms with Crippen LogP contribution in [0.2, 0.25) is 0 Å². The van der Waals surface area contributed by atoms with E-state index in [-0.39, 0.29) is 23.7 Å². The van der Waals surface area contributed by atoms with Gasteiger partial charge in [0.25, 0.3) is 0 Å². The Hall–Kier alpha value is -1.13. The largest absolute Gasteiger partial charge is 0.494 e. The van der Waals surface area contributed by atoms with E-state index in [4.69, 9.17) is 9.47 Å². The Kier molecular flexibility index (Phi) is 4.77. The van der Waals surface area contributed by atoms with E-state index < -0.39 is 0 Å². The SMILES string of the molecule is CNC(Cc1ccc(OC)c(F)c1)C(OC)C1CC1. The average Bonchev–Trinajstić information content (AvgIpc) is 3.23. The summed E-state index contributed by atoms with van der Waals surface area (Å²) in [5.74, 6) is 0.621. The highest BCUT2D eigenvalue weighted by Crippen LogP contribution is 2.36.